The lowest BCUT2D eigenvalue weighted by Crippen LogP contribution is -2.28. The van der Waals surface area contributed by atoms with E-state index in [-0.39, 0.29) is 57.7 Å². The van der Waals surface area contributed by atoms with Gasteiger partial charge in [0.1, 0.15) is 21.4 Å². The van der Waals surface area contributed by atoms with Crippen molar-refractivity contribution in [3.05, 3.63) is 44.6 Å². The number of esters is 3. The molecular formula is C28H29N3O10S3. The predicted octanol–water partition coefficient (Wildman–Crippen LogP) is 2.72. The SMILES string of the molecule is C#CCn1c(=NC(=O)CS(=O)(=O)CC(=O)Nc2sc(C(=O)OCC)c(C)c2C(=O)OCC)sc2cc(C(=O)OCC)ccc21. The maximum absolute atomic E-state index is 12.8. The molecule has 0 aliphatic carbocycles. The molecule has 0 spiro atoms. The van der Waals surface area contributed by atoms with Crippen molar-refractivity contribution in [1.29, 1.82) is 0 Å². The second-order valence-corrected chi connectivity index (χ2v) is 13.0. The van der Waals surface area contributed by atoms with E-state index in [1.54, 1.807) is 32.9 Å². The van der Waals surface area contributed by atoms with Gasteiger partial charge in [-0.1, -0.05) is 17.3 Å². The zero-order chi connectivity index (χ0) is 32.6. The van der Waals surface area contributed by atoms with E-state index in [2.05, 4.69) is 16.2 Å². The summed E-state index contributed by atoms with van der Waals surface area (Å²) < 4.78 is 42.7. The first-order valence-corrected chi connectivity index (χ1v) is 16.6. The number of hydrogen-bond acceptors (Lipinski definition) is 12. The largest absolute Gasteiger partial charge is 0.462 e. The maximum atomic E-state index is 12.8. The van der Waals surface area contributed by atoms with Crippen molar-refractivity contribution < 1.29 is 46.6 Å². The Morgan fingerprint density at radius 2 is 1.59 bits per heavy atom. The molecule has 1 N–H and O–H groups in total. The molecule has 0 saturated heterocycles. The van der Waals surface area contributed by atoms with Crippen LogP contribution in [0, 0.1) is 19.3 Å². The third-order valence-corrected chi connectivity index (χ3v) is 9.32. The maximum Gasteiger partial charge on any atom is 0.348 e. The molecule has 0 bridgehead atoms. The van der Waals surface area contributed by atoms with Crippen LogP contribution in [0.15, 0.2) is 23.2 Å². The summed E-state index contributed by atoms with van der Waals surface area (Å²) in [7, 11) is -4.34. The Hall–Kier alpha value is -4.33. The molecule has 0 saturated carbocycles. The van der Waals surface area contributed by atoms with E-state index in [0.29, 0.717) is 10.2 Å². The Morgan fingerprint density at radius 1 is 0.955 bits per heavy atom. The number of rotatable bonds is 12. The lowest BCUT2D eigenvalue weighted by atomic mass is 10.1. The minimum Gasteiger partial charge on any atom is -0.462 e. The number of carbonyl (C=O) groups excluding carboxylic acids is 5. The van der Waals surface area contributed by atoms with Gasteiger partial charge < -0.3 is 24.1 Å². The normalized spacial score (nSPS) is 11.6. The molecule has 0 unspecified atom stereocenters. The fraction of sp³-hybridized carbons (Fsp3) is 0.357. The topological polar surface area (TPSA) is 176 Å². The number of thiophene rings is 1. The first kappa shape index (κ1) is 34.2. The van der Waals surface area contributed by atoms with Crippen LogP contribution in [0.5, 0.6) is 0 Å². The summed E-state index contributed by atoms with van der Waals surface area (Å²) >= 11 is 1.76. The highest BCUT2D eigenvalue weighted by atomic mass is 32.2. The minimum absolute atomic E-state index is 0.0108. The summed E-state index contributed by atoms with van der Waals surface area (Å²) in [5.41, 5.74) is 0.949. The molecule has 234 valence electrons. The molecule has 1 aromatic carbocycles. The molecule has 13 nitrogen and oxygen atoms in total. The molecule has 3 rings (SSSR count). The van der Waals surface area contributed by atoms with E-state index in [9.17, 15) is 32.4 Å². The summed E-state index contributed by atoms with van der Waals surface area (Å²) in [6.07, 6.45) is 5.48. The molecule has 16 heteroatoms. The van der Waals surface area contributed by atoms with Crippen molar-refractivity contribution >= 4 is 77.5 Å². The van der Waals surface area contributed by atoms with Gasteiger partial charge in [0, 0.05) is 0 Å². The van der Waals surface area contributed by atoms with E-state index in [1.807, 2.05) is 0 Å². The predicted molar refractivity (Wildman–Crippen MR) is 163 cm³/mol. The van der Waals surface area contributed by atoms with Crippen molar-refractivity contribution in [3.8, 4) is 12.3 Å². The zero-order valence-corrected chi connectivity index (χ0v) is 26.7. The van der Waals surface area contributed by atoms with E-state index < -0.39 is 51.1 Å². The third-order valence-electron chi connectivity index (χ3n) is 5.70. The number of thiazole rings is 1. The molecule has 2 heterocycles. The van der Waals surface area contributed by atoms with Crippen LogP contribution in [0.2, 0.25) is 0 Å². The number of nitrogens with zero attached hydrogens (tertiary/aromatic N) is 2. The highest BCUT2D eigenvalue weighted by molar-refractivity contribution is 7.92. The molecule has 0 atom stereocenters. The average Bonchev–Trinajstić information content (AvgIpc) is 3.44. The van der Waals surface area contributed by atoms with Crippen molar-refractivity contribution in [2.45, 2.75) is 34.2 Å². The van der Waals surface area contributed by atoms with Crippen LogP contribution < -0.4 is 10.1 Å². The van der Waals surface area contributed by atoms with Gasteiger partial charge in [-0.25, -0.2) is 22.8 Å². The molecule has 2 aromatic heterocycles. The summed E-state index contributed by atoms with van der Waals surface area (Å²) in [5, 5.41) is 2.25. The number of sulfone groups is 1. The Bertz CT molecular complexity index is 1840. The smallest absolute Gasteiger partial charge is 0.348 e. The third kappa shape index (κ3) is 8.18. The van der Waals surface area contributed by atoms with Crippen molar-refractivity contribution in [1.82, 2.24) is 4.57 Å². The Morgan fingerprint density at radius 3 is 2.23 bits per heavy atom. The summed E-state index contributed by atoms with van der Waals surface area (Å²) in [6.45, 7) is 6.61. The number of nitrogens with one attached hydrogen (secondary N) is 1. The quantitative estimate of drug-likeness (QED) is 0.172. The fourth-order valence-electron chi connectivity index (χ4n) is 3.93. The van der Waals surface area contributed by atoms with Gasteiger partial charge in [-0.3, -0.25) is 9.59 Å². The van der Waals surface area contributed by atoms with Crippen LogP contribution in [-0.2, 0) is 40.2 Å². The van der Waals surface area contributed by atoms with Crippen LogP contribution in [-0.4, -0.2) is 74.0 Å². The summed E-state index contributed by atoms with van der Waals surface area (Å²) in [4.78, 5) is 66.6. The second kappa shape index (κ2) is 14.9. The molecule has 44 heavy (non-hydrogen) atoms. The van der Waals surface area contributed by atoms with E-state index in [0.717, 1.165) is 22.7 Å². The number of amides is 2. The fourth-order valence-corrected chi connectivity index (χ4v) is 7.13. The zero-order valence-electron chi connectivity index (χ0n) is 24.3. The van der Waals surface area contributed by atoms with Crippen LogP contribution in [0.3, 0.4) is 0 Å². The monoisotopic (exact) mass is 663 g/mol. The first-order valence-electron chi connectivity index (χ1n) is 13.1. The molecular weight excluding hydrogens is 635 g/mol. The Balaban J connectivity index is 1.84. The number of anilines is 1. The van der Waals surface area contributed by atoms with Gasteiger partial charge in [0.25, 0.3) is 5.91 Å². The average molecular weight is 664 g/mol. The van der Waals surface area contributed by atoms with Gasteiger partial charge in [-0.05, 0) is 51.5 Å². The van der Waals surface area contributed by atoms with Crippen LogP contribution in [0.25, 0.3) is 10.2 Å². The van der Waals surface area contributed by atoms with Gasteiger partial charge in [0.05, 0.1) is 47.7 Å². The molecule has 0 aliphatic rings. The summed E-state index contributed by atoms with van der Waals surface area (Å²) in [5.74, 6) is -3.93. The highest BCUT2D eigenvalue weighted by Crippen LogP contribution is 2.34. The number of aromatic nitrogens is 1. The van der Waals surface area contributed by atoms with Gasteiger partial charge in [-0.15, -0.1) is 17.8 Å². The minimum atomic E-state index is -4.34. The molecule has 0 radical (unpaired) electrons. The van der Waals surface area contributed by atoms with Crippen molar-refractivity contribution in [2.24, 2.45) is 4.99 Å². The lowest BCUT2D eigenvalue weighted by Gasteiger charge is -2.07. The number of fused-ring (bicyclic) bond motifs is 1. The van der Waals surface area contributed by atoms with Gasteiger partial charge in [0.15, 0.2) is 14.6 Å². The van der Waals surface area contributed by atoms with Crippen LogP contribution in [0.1, 0.15) is 56.7 Å². The van der Waals surface area contributed by atoms with Gasteiger partial charge >= 0.3 is 17.9 Å². The van der Waals surface area contributed by atoms with Crippen molar-refractivity contribution in [3.63, 3.8) is 0 Å². The number of benzene rings is 1. The molecule has 0 aliphatic heterocycles. The first-order chi connectivity index (χ1) is 20.8. The molecule has 0 fully saturated rings. The Kier molecular flexibility index (Phi) is 11.6. The van der Waals surface area contributed by atoms with Crippen LogP contribution in [0.4, 0.5) is 5.00 Å². The van der Waals surface area contributed by atoms with E-state index in [1.165, 1.54) is 17.6 Å². The van der Waals surface area contributed by atoms with Gasteiger partial charge in [-0.2, -0.15) is 4.99 Å². The number of terminal acetylenes is 1. The van der Waals surface area contributed by atoms with Crippen LogP contribution >= 0.6 is 22.7 Å². The standard InChI is InChI=1S/C28H29N3O10S3/c1-6-12-31-18-11-10-17(25(34)39-7-2)13-19(18)42-28(31)30-21(33)15-44(37,38)14-20(32)29-24-22(26(35)40-8-3)16(5)23(43-24)27(36)41-9-4/h1,10-11,13H,7-9,12,14-15H2,2-5H3,(H,29,32). The number of hydrogen-bond donors (Lipinski definition) is 1. The van der Waals surface area contributed by atoms with Crippen molar-refractivity contribution in [2.75, 3.05) is 36.6 Å². The van der Waals surface area contributed by atoms with E-state index >= 15 is 0 Å². The Labute approximate surface area is 260 Å². The number of ether oxygens (including phenoxy) is 3. The summed E-state index contributed by atoms with van der Waals surface area (Å²) in [6, 6.07) is 4.71. The lowest BCUT2D eigenvalue weighted by molar-refractivity contribution is -0.115. The van der Waals surface area contributed by atoms with Gasteiger partial charge in [0.2, 0.25) is 5.91 Å². The molecule has 3 aromatic rings. The van der Waals surface area contributed by atoms with E-state index in [4.69, 9.17) is 20.6 Å². The number of carbonyl (C=O) groups is 5. The molecule has 2 amide bonds. The second-order valence-electron chi connectivity index (χ2n) is 8.87. The highest BCUT2D eigenvalue weighted by Gasteiger charge is 2.29.